The van der Waals surface area contributed by atoms with Gasteiger partial charge in [-0.25, -0.2) is 9.37 Å². The van der Waals surface area contributed by atoms with E-state index in [1.807, 2.05) is 4.90 Å². The average molecular weight is 291 g/mol. The van der Waals surface area contributed by atoms with Crippen molar-refractivity contribution in [1.29, 1.82) is 0 Å². The van der Waals surface area contributed by atoms with Gasteiger partial charge in [-0.05, 0) is 37.8 Å². The maximum atomic E-state index is 13.7. The molecule has 1 amide bonds. The van der Waals surface area contributed by atoms with Gasteiger partial charge in [0.15, 0.2) is 11.6 Å². The van der Waals surface area contributed by atoms with E-state index in [1.54, 1.807) is 12.3 Å². The molecule has 2 aliphatic rings. The number of piperidine rings is 1. The molecule has 0 radical (unpaired) electrons. The van der Waals surface area contributed by atoms with Gasteiger partial charge in [-0.15, -0.1) is 0 Å². The van der Waals surface area contributed by atoms with Crippen LogP contribution in [0.4, 0.5) is 10.2 Å². The fourth-order valence-electron chi connectivity index (χ4n) is 3.35. The van der Waals surface area contributed by atoms with Crippen molar-refractivity contribution in [3.63, 3.8) is 0 Å². The molecule has 0 bridgehead atoms. The van der Waals surface area contributed by atoms with E-state index in [2.05, 4.69) is 10.3 Å². The lowest BCUT2D eigenvalue weighted by atomic mass is 9.95. The minimum absolute atomic E-state index is 0.0635. The van der Waals surface area contributed by atoms with Crippen LogP contribution in [0.2, 0.25) is 0 Å². The molecule has 1 aliphatic heterocycles. The van der Waals surface area contributed by atoms with Gasteiger partial charge < -0.3 is 10.2 Å². The van der Waals surface area contributed by atoms with E-state index in [4.69, 9.17) is 0 Å². The highest BCUT2D eigenvalue weighted by Crippen LogP contribution is 2.25. The van der Waals surface area contributed by atoms with Crippen molar-refractivity contribution in [2.45, 2.75) is 44.6 Å². The Bertz CT molecular complexity index is 494. The molecule has 1 aromatic heterocycles. The minimum Gasteiger partial charge on any atom is -0.354 e. The summed E-state index contributed by atoms with van der Waals surface area (Å²) in [5.74, 6) is 0.371. The number of hydrogen-bond donors (Lipinski definition) is 1. The fraction of sp³-hybridized carbons (Fsp3) is 0.625. The number of nitrogens with zero attached hydrogens (tertiary/aromatic N) is 2. The first-order chi connectivity index (χ1) is 10.2. The van der Waals surface area contributed by atoms with Gasteiger partial charge in [0, 0.05) is 31.2 Å². The minimum atomic E-state index is -0.286. The molecule has 1 N–H and O–H groups in total. The molecule has 1 aromatic rings. The number of aromatic nitrogens is 1. The Morgan fingerprint density at radius 2 is 1.95 bits per heavy atom. The molecule has 2 fully saturated rings. The Hall–Kier alpha value is -1.65. The summed E-state index contributed by atoms with van der Waals surface area (Å²) in [5.41, 5.74) is 0. The molecule has 0 unspecified atom stereocenters. The fourth-order valence-corrected chi connectivity index (χ4v) is 3.35. The summed E-state index contributed by atoms with van der Waals surface area (Å²) in [7, 11) is 0. The van der Waals surface area contributed by atoms with Gasteiger partial charge in [0.1, 0.15) is 0 Å². The second kappa shape index (κ2) is 6.41. The third kappa shape index (κ3) is 3.34. The van der Waals surface area contributed by atoms with Crippen molar-refractivity contribution < 1.29 is 9.18 Å². The lowest BCUT2D eigenvalue weighted by Gasteiger charge is -2.32. The van der Waals surface area contributed by atoms with Gasteiger partial charge in [0.05, 0.1) is 0 Å². The summed E-state index contributed by atoms with van der Waals surface area (Å²) in [6.45, 7) is 1.38. The summed E-state index contributed by atoms with van der Waals surface area (Å²) in [6, 6.07) is 3.41. The van der Waals surface area contributed by atoms with Crippen molar-refractivity contribution >= 4 is 11.7 Å². The Balaban J connectivity index is 1.52. The highest BCUT2D eigenvalue weighted by molar-refractivity contribution is 5.79. The van der Waals surface area contributed by atoms with E-state index in [9.17, 15) is 9.18 Å². The van der Waals surface area contributed by atoms with Crippen LogP contribution in [0.3, 0.4) is 0 Å². The van der Waals surface area contributed by atoms with E-state index in [-0.39, 0.29) is 17.6 Å². The van der Waals surface area contributed by atoms with E-state index in [0.29, 0.717) is 24.9 Å². The molecule has 1 aliphatic carbocycles. The highest BCUT2D eigenvalue weighted by Gasteiger charge is 2.28. The highest BCUT2D eigenvalue weighted by atomic mass is 19.1. The largest absolute Gasteiger partial charge is 0.354 e. The van der Waals surface area contributed by atoms with Gasteiger partial charge >= 0.3 is 0 Å². The monoisotopic (exact) mass is 291 g/mol. The Morgan fingerprint density at radius 1 is 1.24 bits per heavy atom. The normalized spacial score (nSPS) is 20.7. The maximum Gasteiger partial charge on any atom is 0.223 e. The zero-order valence-electron chi connectivity index (χ0n) is 12.2. The Labute approximate surface area is 124 Å². The number of nitrogens with one attached hydrogen (secondary N) is 1. The lowest BCUT2D eigenvalue weighted by molar-refractivity contribution is -0.126. The van der Waals surface area contributed by atoms with Crippen molar-refractivity contribution in [2.24, 2.45) is 5.92 Å². The zero-order valence-corrected chi connectivity index (χ0v) is 12.2. The third-order valence-corrected chi connectivity index (χ3v) is 4.61. The molecule has 0 atom stereocenters. The molecule has 5 heteroatoms. The van der Waals surface area contributed by atoms with E-state index in [0.717, 1.165) is 25.7 Å². The number of halogens is 1. The first-order valence-electron chi connectivity index (χ1n) is 7.90. The average Bonchev–Trinajstić information content (AvgIpc) is 3.01. The van der Waals surface area contributed by atoms with Crippen LogP contribution in [0.1, 0.15) is 38.5 Å². The number of amides is 1. The van der Waals surface area contributed by atoms with Gasteiger partial charge in [0.25, 0.3) is 0 Å². The molecule has 2 heterocycles. The van der Waals surface area contributed by atoms with Crippen LogP contribution < -0.4 is 10.2 Å². The molecular formula is C16H22FN3O. The number of hydrogen-bond acceptors (Lipinski definition) is 3. The summed E-state index contributed by atoms with van der Waals surface area (Å²) in [5, 5.41) is 3.17. The third-order valence-electron chi connectivity index (χ3n) is 4.61. The summed E-state index contributed by atoms with van der Waals surface area (Å²) in [6.07, 6.45) is 7.83. The van der Waals surface area contributed by atoms with Crippen LogP contribution in [0, 0.1) is 11.7 Å². The van der Waals surface area contributed by atoms with Crippen molar-refractivity contribution in [3.05, 3.63) is 24.1 Å². The van der Waals surface area contributed by atoms with Gasteiger partial charge in [-0.1, -0.05) is 12.8 Å². The molecule has 21 heavy (non-hydrogen) atoms. The first kappa shape index (κ1) is 14.3. The van der Waals surface area contributed by atoms with E-state index in [1.165, 1.54) is 18.9 Å². The Kier molecular flexibility index (Phi) is 4.36. The molecular weight excluding hydrogens is 269 g/mol. The number of pyridine rings is 1. The molecule has 4 nitrogen and oxygen atoms in total. The number of anilines is 1. The smallest absolute Gasteiger partial charge is 0.223 e. The predicted octanol–water partition coefficient (Wildman–Crippen LogP) is 2.50. The zero-order chi connectivity index (χ0) is 14.7. The first-order valence-corrected chi connectivity index (χ1v) is 7.90. The lowest BCUT2D eigenvalue weighted by Crippen LogP contribution is -2.43. The molecule has 3 rings (SSSR count). The standard InChI is InChI=1S/C16H22FN3O/c17-14-6-3-9-18-15(14)20-10-7-12(8-11-20)16(21)19-13-4-1-2-5-13/h3,6,9,12-13H,1-2,4-5,7-8,10-11H2,(H,19,21). The van der Waals surface area contributed by atoms with E-state index < -0.39 is 0 Å². The van der Waals surface area contributed by atoms with E-state index >= 15 is 0 Å². The topological polar surface area (TPSA) is 45.2 Å². The summed E-state index contributed by atoms with van der Waals surface area (Å²) in [4.78, 5) is 18.3. The van der Waals surface area contributed by atoms with Crippen LogP contribution >= 0.6 is 0 Å². The number of carbonyl (C=O) groups is 1. The Morgan fingerprint density at radius 3 is 2.62 bits per heavy atom. The number of rotatable bonds is 3. The molecule has 1 saturated heterocycles. The van der Waals surface area contributed by atoms with Gasteiger partial charge in [-0.2, -0.15) is 0 Å². The van der Waals surface area contributed by atoms with Gasteiger partial charge in [-0.3, -0.25) is 4.79 Å². The SMILES string of the molecule is O=C(NC1CCCC1)C1CCN(c2ncccc2F)CC1. The van der Waals surface area contributed by atoms with Gasteiger partial charge in [0.2, 0.25) is 5.91 Å². The molecule has 0 aromatic carbocycles. The quantitative estimate of drug-likeness (QED) is 0.930. The molecule has 1 saturated carbocycles. The van der Waals surface area contributed by atoms with Crippen molar-refractivity contribution in [2.75, 3.05) is 18.0 Å². The van der Waals surface area contributed by atoms with Crippen LogP contribution in [-0.2, 0) is 4.79 Å². The molecule has 0 spiro atoms. The maximum absolute atomic E-state index is 13.7. The molecule has 114 valence electrons. The predicted molar refractivity (Wildman–Crippen MR) is 79.5 cm³/mol. The van der Waals surface area contributed by atoms with Crippen molar-refractivity contribution in [3.8, 4) is 0 Å². The van der Waals surface area contributed by atoms with Crippen molar-refractivity contribution in [1.82, 2.24) is 10.3 Å². The van der Waals surface area contributed by atoms with Crippen LogP contribution in [0.5, 0.6) is 0 Å². The van der Waals surface area contributed by atoms with Crippen LogP contribution in [0.15, 0.2) is 18.3 Å². The van der Waals surface area contributed by atoms with Crippen LogP contribution in [0.25, 0.3) is 0 Å². The van der Waals surface area contributed by atoms with Crippen LogP contribution in [-0.4, -0.2) is 30.0 Å². The summed E-state index contributed by atoms with van der Waals surface area (Å²) < 4.78 is 13.7. The second-order valence-electron chi connectivity index (χ2n) is 6.06. The second-order valence-corrected chi connectivity index (χ2v) is 6.06. The number of carbonyl (C=O) groups excluding carboxylic acids is 1. The summed E-state index contributed by atoms with van der Waals surface area (Å²) >= 11 is 0.